The van der Waals surface area contributed by atoms with E-state index in [0.717, 1.165) is 33.4 Å². The van der Waals surface area contributed by atoms with Gasteiger partial charge in [0.1, 0.15) is 0 Å². The maximum atomic E-state index is 12.8. The molecule has 4 aromatic carbocycles. The Morgan fingerprint density at radius 1 is 0.559 bits per heavy atom. The van der Waals surface area contributed by atoms with Gasteiger partial charge in [-0.25, -0.2) is 0 Å². The van der Waals surface area contributed by atoms with Crippen LogP contribution in [0.3, 0.4) is 0 Å². The van der Waals surface area contributed by atoms with Crippen LogP contribution in [0.2, 0.25) is 0 Å². The summed E-state index contributed by atoms with van der Waals surface area (Å²) in [5, 5.41) is 2.64. The van der Waals surface area contributed by atoms with Crippen molar-refractivity contribution in [3.05, 3.63) is 118 Å². The molecular weight excluding hydrogens is 758 g/mol. The average molecular weight is 823 g/mol. The number of nitrogens with two attached hydrogens (primary N) is 1. The van der Waals surface area contributed by atoms with Gasteiger partial charge in [-0.3, -0.25) is 9.59 Å². The summed E-state index contributed by atoms with van der Waals surface area (Å²) in [6.45, 7) is 33.2. The van der Waals surface area contributed by atoms with Crippen LogP contribution in [-0.4, -0.2) is 47.8 Å². The molecule has 8 nitrogen and oxygen atoms in total. The number of amides is 1. The molecule has 2 heterocycles. The third-order valence-corrected chi connectivity index (χ3v) is 12.3. The molecule has 2 aliphatic rings. The van der Waals surface area contributed by atoms with Gasteiger partial charge in [0.2, 0.25) is 0 Å². The predicted molar refractivity (Wildman–Crippen MR) is 247 cm³/mol. The Balaban J connectivity index is 0.000000216. The fourth-order valence-corrected chi connectivity index (χ4v) is 6.46. The van der Waals surface area contributed by atoms with Gasteiger partial charge in [0.25, 0.3) is 11.1 Å². The molecule has 0 spiro atoms. The van der Waals surface area contributed by atoms with Crippen LogP contribution in [0.25, 0.3) is 0 Å². The largest absolute Gasteiger partial charge is 0.495 e. The van der Waals surface area contributed by atoms with Crippen molar-refractivity contribution in [2.24, 2.45) is 0 Å². The van der Waals surface area contributed by atoms with Gasteiger partial charge in [-0.2, -0.15) is 0 Å². The number of nitrogens with one attached hydrogen (secondary N) is 1. The minimum atomic E-state index is -0.456. The van der Waals surface area contributed by atoms with E-state index in [4.69, 9.17) is 36.0 Å². The van der Waals surface area contributed by atoms with E-state index in [9.17, 15) is 9.59 Å². The first kappa shape index (κ1) is 47.8. The van der Waals surface area contributed by atoms with Gasteiger partial charge in [0, 0.05) is 22.5 Å². The second-order valence-electron chi connectivity index (χ2n) is 19.6. The molecule has 0 bridgehead atoms. The molecule has 11 heteroatoms. The normalized spacial score (nSPS) is 17.6. The fourth-order valence-electron chi connectivity index (χ4n) is 6.33. The van der Waals surface area contributed by atoms with Crippen molar-refractivity contribution >= 4 is 59.3 Å². The van der Waals surface area contributed by atoms with Crippen molar-refractivity contribution in [3.63, 3.8) is 0 Å². The van der Waals surface area contributed by atoms with Crippen molar-refractivity contribution in [1.82, 2.24) is 0 Å². The van der Waals surface area contributed by atoms with E-state index in [1.165, 1.54) is 11.1 Å². The van der Waals surface area contributed by atoms with Gasteiger partial charge in [-0.05, 0) is 161 Å². The molecule has 0 aliphatic carbocycles. The Labute approximate surface area is 359 Å². The molecule has 0 saturated carbocycles. The zero-order chi connectivity index (χ0) is 44.5. The Morgan fingerprint density at radius 3 is 1.29 bits per heavy atom. The summed E-state index contributed by atoms with van der Waals surface area (Å²) in [6, 6.07) is 26.8. The van der Waals surface area contributed by atoms with Crippen LogP contribution < -0.4 is 22.0 Å². The van der Waals surface area contributed by atoms with Crippen LogP contribution in [0, 0.1) is 13.8 Å². The number of carbonyl (C=O) groups excluding carboxylic acids is 2. The Hall–Kier alpha value is -3.92. The van der Waals surface area contributed by atoms with Gasteiger partial charge in [0.05, 0.1) is 22.4 Å². The molecule has 2 aliphatic heterocycles. The minimum absolute atomic E-state index is 0.0583. The average Bonchev–Trinajstić information content (AvgIpc) is 3.49. The Kier molecular flexibility index (Phi) is 14.2. The first-order chi connectivity index (χ1) is 27.0. The summed E-state index contributed by atoms with van der Waals surface area (Å²) in [4.78, 5) is 23.6. The number of rotatable bonds is 5. The molecule has 0 atom stereocenters. The number of hydrogen-bond donors (Lipinski definition) is 2. The molecule has 316 valence electrons. The highest BCUT2D eigenvalue weighted by atomic mass is 35.5. The maximum absolute atomic E-state index is 12.8. The van der Waals surface area contributed by atoms with Crippen molar-refractivity contribution in [2.45, 2.75) is 144 Å². The molecule has 6 rings (SSSR count). The summed E-state index contributed by atoms with van der Waals surface area (Å²) in [7, 11) is -0.786. The molecule has 0 radical (unpaired) electrons. The molecule has 0 unspecified atom stereocenters. The van der Waals surface area contributed by atoms with Gasteiger partial charge < -0.3 is 29.7 Å². The standard InChI is InChI=1S/C24H32BNO3.C13H20BNO2.C11H13ClO/c1-16-19(25-28-23(5,6)24(7,8)29-25)10-9-11-20(16)26-21(27)17-12-14-18(15-13-17)22(2,3)4;1-9-10(7-6-8-11(9)15)14-16-12(2,3)13(4,5)17-14;1-11(2,3)9-6-4-8(5-7-9)10(12)13/h9-15H,1-8H3,(H,26,27);6-8H,15H2,1-5H3;4-7H,1-3H3. The number of nitrogen functional groups attached to an aromatic ring is 1. The predicted octanol–water partition coefficient (Wildman–Crippen LogP) is 10.1. The fraction of sp³-hybridized carbons (Fsp3) is 0.458. The zero-order valence-corrected chi connectivity index (χ0v) is 38.9. The second-order valence-corrected chi connectivity index (χ2v) is 20.0. The van der Waals surface area contributed by atoms with Crippen molar-refractivity contribution in [1.29, 1.82) is 0 Å². The quantitative estimate of drug-likeness (QED) is 0.117. The van der Waals surface area contributed by atoms with Crippen molar-refractivity contribution < 1.29 is 28.2 Å². The van der Waals surface area contributed by atoms with E-state index >= 15 is 0 Å². The Bertz CT molecular complexity index is 2090. The lowest BCUT2D eigenvalue weighted by molar-refractivity contribution is 0.00578. The molecule has 3 N–H and O–H groups in total. The molecule has 59 heavy (non-hydrogen) atoms. The zero-order valence-electron chi connectivity index (χ0n) is 38.1. The summed E-state index contributed by atoms with van der Waals surface area (Å²) < 4.78 is 24.4. The number of hydrogen-bond acceptors (Lipinski definition) is 7. The first-order valence-corrected chi connectivity index (χ1v) is 20.7. The van der Waals surface area contributed by atoms with Gasteiger partial charge in [-0.15, -0.1) is 0 Å². The van der Waals surface area contributed by atoms with Gasteiger partial charge in [-0.1, -0.05) is 90.1 Å². The van der Waals surface area contributed by atoms with E-state index in [1.54, 1.807) is 12.1 Å². The van der Waals surface area contributed by atoms with E-state index in [1.807, 2.05) is 114 Å². The molecule has 0 aromatic heterocycles. The highest BCUT2D eigenvalue weighted by Gasteiger charge is 2.53. The number of carbonyl (C=O) groups is 2. The smallest absolute Gasteiger partial charge is 0.399 e. The SMILES string of the molecule is CC(C)(C)c1ccc(C(=O)Cl)cc1.Cc1c(N)cccc1B1OC(C)(C)C(C)(C)O1.Cc1c(NC(=O)c2ccc(C(C)(C)C)cc2)cccc1B1OC(C)(C)C(C)(C)O1. The van der Waals surface area contributed by atoms with Gasteiger partial charge >= 0.3 is 14.2 Å². The summed E-state index contributed by atoms with van der Waals surface area (Å²) in [5.74, 6) is -0.125. The number of anilines is 2. The van der Waals surface area contributed by atoms with Crippen LogP contribution in [0.1, 0.15) is 140 Å². The van der Waals surface area contributed by atoms with Crippen LogP contribution >= 0.6 is 11.6 Å². The van der Waals surface area contributed by atoms with E-state index in [-0.39, 0.29) is 35.1 Å². The third kappa shape index (κ3) is 11.3. The van der Waals surface area contributed by atoms with E-state index in [0.29, 0.717) is 11.1 Å². The lowest BCUT2D eigenvalue weighted by Crippen LogP contribution is -2.41. The van der Waals surface area contributed by atoms with Crippen LogP contribution in [0.15, 0.2) is 84.9 Å². The highest BCUT2D eigenvalue weighted by molar-refractivity contribution is 6.67. The summed E-state index contributed by atoms with van der Waals surface area (Å²) in [6.07, 6.45) is 0. The van der Waals surface area contributed by atoms with E-state index < -0.39 is 23.6 Å². The Morgan fingerprint density at radius 2 is 0.915 bits per heavy atom. The first-order valence-electron chi connectivity index (χ1n) is 20.4. The van der Waals surface area contributed by atoms with Crippen LogP contribution in [-0.2, 0) is 29.4 Å². The molecule has 2 fully saturated rings. The number of benzene rings is 4. The maximum Gasteiger partial charge on any atom is 0.495 e. The highest BCUT2D eigenvalue weighted by Crippen LogP contribution is 2.38. The molecule has 2 saturated heterocycles. The monoisotopic (exact) mass is 822 g/mol. The van der Waals surface area contributed by atoms with Crippen LogP contribution in [0.4, 0.5) is 11.4 Å². The van der Waals surface area contributed by atoms with Crippen molar-refractivity contribution in [3.8, 4) is 0 Å². The second kappa shape index (κ2) is 17.6. The summed E-state index contributed by atoms with van der Waals surface area (Å²) in [5.41, 5.74) is 13.7. The topological polar surface area (TPSA) is 109 Å². The van der Waals surface area contributed by atoms with Gasteiger partial charge in [0.15, 0.2) is 0 Å². The minimum Gasteiger partial charge on any atom is -0.399 e. The van der Waals surface area contributed by atoms with Crippen LogP contribution in [0.5, 0.6) is 0 Å². The summed E-state index contributed by atoms with van der Waals surface area (Å²) >= 11 is 5.33. The molecular formula is C48H65B2ClN2O6. The lowest BCUT2D eigenvalue weighted by Gasteiger charge is -2.32. The molecule has 1 amide bonds. The van der Waals surface area contributed by atoms with E-state index in [2.05, 4.69) is 74.6 Å². The molecule has 4 aromatic rings. The number of halogens is 1. The van der Waals surface area contributed by atoms with Crippen molar-refractivity contribution in [2.75, 3.05) is 11.1 Å². The third-order valence-electron chi connectivity index (χ3n) is 12.0. The lowest BCUT2D eigenvalue weighted by atomic mass is 9.76.